The van der Waals surface area contributed by atoms with E-state index in [1.54, 1.807) is 0 Å². The highest BCUT2D eigenvalue weighted by Crippen LogP contribution is 2.48. The summed E-state index contributed by atoms with van der Waals surface area (Å²) in [7, 11) is 0. The van der Waals surface area contributed by atoms with Gasteiger partial charge < -0.3 is 75.5 Å². The molecule has 0 aliphatic carbocycles. The Kier molecular flexibility index (Phi) is 19.7. The summed E-state index contributed by atoms with van der Waals surface area (Å²) in [5, 5.41) is 118. The van der Waals surface area contributed by atoms with E-state index in [0.717, 1.165) is 0 Å². The van der Waals surface area contributed by atoms with Gasteiger partial charge in [-0.1, -0.05) is 0 Å². The van der Waals surface area contributed by atoms with E-state index in [1.165, 1.54) is 0 Å². The van der Waals surface area contributed by atoms with Crippen molar-refractivity contribution in [3.63, 3.8) is 0 Å². The third-order valence-corrected chi connectivity index (χ3v) is 7.77. The third-order valence-electron chi connectivity index (χ3n) is 7.77. The van der Waals surface area contributed by atoms with Crippen LogP contribution in [0.1, 0.15) is 0 Å². The number of carbonyl (C=O) groups is 8. The number of carboxylic acids is 7. The Hall–Kier alpha value is -6.92. The quantitative estimate of drug-likeness (QED) is 0.0235. The number of rotatable bonds is 27. The number of hydrogen-bond acceptors (Lipinski definition) is 16. The topological polar surface area (TPSA) is 407 Å². The molecular weight excluding hydrogens is 776 g/mol. The van der Waals surface area contributed by atoms with E-state index in [9.17, 15) is 94.5 Å². The lowest BCUT2D eigenvalue weighted by Gasteiger charge is -2.51. The Morgan fingerprint density at radius 1 is 0.421 bits per heavy atom. The predicted octanol–water partition coefficient (Wildman–Crippen LogP) is -2.33. The second-order valence-corrected chi connectivity index (χ2v) is 11.2. The maximum absolute atomic E-state index is 13.0. The zero-order valence-corrected chi connectivity index (χ0v) is 29.1. The van der Waals surface area contributed by atoms with Gasteiger partial charge in [-0.05, 0) is 36.5 Å². The lowest BCUT2D eigenvalue weighted by Crippen LogP contribution is -2.64. The van der Waals surface area contributed by atoms with Crippen molar-refractivity contribution in [2.75, 3.05) is 33.0 Å². The molecule has 0 fully saturated rings. The summed E-state index contributed by atoms with van der Waals surface area (Å²) in [5.41, 5.74) is -14.3. The zero-order chi connectivity index (χ0) is 44.1. The largest absolute Gasteiger partial charge is 0.485 e. The van der Waals surface area contributed by atoms with E-state index in [-0.39, 0.29) is 30.6 Å². The molecule has 0 aliphatic rings. The van der Waals surface area contributed by atoms with Crippen molar-refractivity contribution >= 4 is 47.8 Å². The molecule has 12 N–H and O–H groups in total. The van der Waals surface area contributed by atoms with Crippen molar-refractivity contribution in [2.24, 2.45) is 10.8 Å². The van der Waals surface area contributed by atoms with Gasteiger partial charge in [0.15, 0.2) is 11.2 Å². The highest BCUT2D eigenvalue weighted by atomic mass is 16.5. The third kappa shape index (κ3) is 14.0. The van der Waals surface area contributed by atoms with Crippen LogP contribution in [0, 0.1) is 10.8 Å². The van der Waals surface area contributed by atoms with Gasteiger partial charge in [0.2, 0.25) is 0 Å². The molecule has 0 aromatic rings. The fourth-order valence-electron chi connectivity index (χ4n) is 4.76. The molecule has 312 valence electrons. The molecular formula is C34H38O23. The Balaban J connectivity index is 7.70. The summed E-state index contributed by atoms with van der Waals surface area (Å²) in [6, 6.07) is 0. The number of carbonyl (C=O) groups excluding carboxylic acids is 1. The number of aliphatic carboxylic acids is 7. The fourth-order valence-corrected chi connectivity index (χ4v) is 4.76. The van der Waals surface area contributed by atoms with Crippen LogP contribution in [0.2, 0.25) is 0 Å². The minimum Gasteiger partial charge on any atom is -0.485 e. The van der Waals surface area contributed by atoms with Crippen LogP contribution in [0.15, 0.2) is 97.6 Å². The van der Waals surface area contributed by atoms with Gasteiger partial charge in [-0.15, -0.1) is 0 Å². The number of aliphatic hydroxyl groups is 5. The van der Waals surface area contributed by atoms with Crippen molar-refractivity contribution in [3.05, 3.63) is 97.6 Å². The summed E-state index contributed by atoms with van der Waals surface area (Å²) in [6.07, 6.45) is 5.52. The van der Waals surface area contributed by atoms with E-state index in [1.807, 2.05) is 0 Å². The van der Waals surface area contributed by atoms with Crippen LogP contribution in [-0.4, -0.2) is 159 Å². The molecule has 0 saturated carbocycles. The van der Waals surface area contributed by atoms with E-state index < -0.39 is 108 Å². The molecule has 0 atom stereocenters. The summed E-state index contributed by atoms with van der Waals surface area (Å²) in [4.78, 5) is 92.9. The zero-order valence-electron chi connectivity index (χ0n) is 29.1. The molecule has 0 amide bonds. The average molecular weight is 815 g/mol. The van der Waals surface area contributed by atoms with Crippen LogP contribution < -0.4 is 0 Å². The second kappa shape index (κ2) is 22.5. The highest BCUT2D eigenvalue weighted by Gasteiger charge is 2.61. The number of carboxylic acid groups (broad SMARTS) is 7. The van der Waals surface area contributed by atoms with Crippen LogP contribution in [0.25, 0.3) is 0 Å². The Morgan fingerprint density at radius 2 is 0.737 bits per heavy atom. The van der Waals surface area contributed by atoms with Crippen molar-refractivity contribution in [3.8, 4) is 0 Å². The second-order valence-electron chi connectivity index (χ2n) is 11.2. The first-order valence-corrected chi connectivity index (χ1v) is 15.3. The lowest BCUT2D eigenvalue weighted by molar-refractivity contribution is -0.163. The molecule has 0 rings (SSSR count). The van der Waals surface area contributed by atoms with Gasteiger partial charge in [0.1, 0.15) is 12.2 Å². The summed E-state index contributed by atoms with van der Waals surface area (Å²) in [6.45, 7) is -7.10. The van der Waals surface area contributed by atoms with E-state index in [0.29, 0.717) is 67.0 Å². The standard InChI is InChI=1S/C34H38O23/c35-17-30(18-36,33(11-3-24(43)44,12-4-25(45)46)56-15-7-28(51)52)21-55-29(53)8-16-57-34(13-5-26(47)48,14-6-27(49)50)31(19-37,20-38)32(54,9-1-22(39)40)10-2-23(41)42/h1-16,35-38,54H,17-21H2,(H,39,40)(H,41,42)(H,43,44)(H,45,46)(H,47,48)(H,49,50)(H,51,52). The molecule has 0 radical (unpaired) electrons. The summed E-state index contributed by atoms with van der Waals surface area (Å²) >= 11 is 0. The van der Waals surface area contributed by atoms with E-state index in [2.05, 4.69) is 0 Å². The molecule has 0 heterocycles. The van der Waals surface area contributed by atoms with Gasteiger partial charge in [-0.2, -0.15) is 0 Å². The Labute approximate surface area is 319 Å². The first-order chi connectivity index (χ1) is 26.5. The monoisotopic (exact) mass is 814 g/mol. The van der Waals surface area contributed by atoms with E-state index >= 15 is 0 Å². The molecule has 0 aromatic heterocycles. The number of aliphatic hydroxyl groups excluding tert-OH is 4. The minimum atomic E-state index is -3.21. The van der Waals surface area contributed by atoms with Gasteiger partial charge in [0.25, 0.3) is 0 Å². The van der Waals surface area contributed by atoms with Crippen molar-refractivity contribution in [1.82, 2.24) is 0 Å². The SMILES string of the molecule is O=C(O)C=COC(C=CC(=O)O)(C=CC(=O)O)C(CO)(CO)COC(=O)C=COC(C=CC(=O)O)(C=CC(=O)O)C(CO)(CO)C(O)(C=CC(=O)O)C=CC(=O)O. The predicted molar refractivity (Wildman–Crippen MR) is 183 cm³/mol. The highest BCUT2D eigenvalue weighted by molar-refractivity contribution is 5.84. The van der Waals surface area contributed by atoms with Crippen LogP contribution in [-0.2, 0) is 52.6 Å². The van der Waals surface area contributed by atoms with Gasteiger partial charge in [-0.25, -0.2) is 38.4 Å². The van der Waals surface area contributed by atoms with Gasteiger partial charge in [0, 0.05) is 36.5 Å². The molecule has 0 saturated heterocycles. The molecule has 57 heavy (non-hydrogen) atoms. The van der Waals surface area contributed by atoms with Crippen LogP contribution in [0.4, 0.5) is 0 Å². The van der Waals surface area contributed by atoms with Gasteiger partial charge in [-0.3, -0.25) is 0 Å². The van der Waals surface area contributed by atoms with Gasteiger partial charge in [0.05, 0.1) is 61.9 Å². The Morgan fingerprint density at radius 3 is 1.07 bits per heavy atom. The van der Waals surface area contributed by atoms with Crippen LogP contribution in [0.3, 0.4) is 0 Å². The molecule has 0 bridgehead atoms. The number of hydrogen-bond donors (Lipinski definition) is 12. The molecule has 0 unspecified atom stereocenters. The van der Waals surface area contributed by atoms with Crippen molar-refractivity contribution in [1.29, 1.82) is 0 Å². The lowest BCUT2D eigenvalue weighted by atomic mass is 9.60. The Bertz CT molecular complexity index is 1660. The van der Waals surface area contributed by atoms with Crippen LogP contribution >= 0.6 is 0 Å². The molecule has 23 nitrogen and oxygen atoms in total. The van der Waals surface area contributed by atoms with E-state index in [4.69, 9.17) is 19.3 Å². The summed E-state index contributed by atoms with van der Waals surface area (Å²) in [5.74, 6) is -13.8. The first kappa shape index (κ1) is 50.1. The average Bonchev–Trinajstić information content (AvgIpc) is 3.13. The van der Waals surface area contributed by atoms with Crippen molar-refractivity contribution < 1.29 is 114 Å². The first-order valence-electron chi connectivity index (χ1n) is 15.3. The van der Waals surface area contributed by atoms with Crippen molar-refractivity contribution in [2.45, 2.75) is 16.8 Å². The molecule has 0 aliphatic heterocycles. The summed E-state index contributed by atoms with van der Waals surface area (Å²) < 4.78 is 15.9. The minimum absolute atomic E-state index is 0.207. The maximum atomic E-state index is 13.0. The fraction of sp³-hybridized carbons (Fsp3) is 0.294. The normalized spacial score (nSPS) is 16.0. The van der Waals surface area contributed by atoms with Crippen LogP contribution in [0.5, 0.6) is 0 Å². The molecule has 23 heteroatoms. The number of esters is 1. The maximum Gasteiger partial charge on any atom is 0.333 e. The molecule has 0 spiro atoms. The molecule has 0 aromatic carbocycles. The van der Waals surface area contributed by atoms with Gasteiger partial charge >= 0.3 is 47.8 Å². The number of ether oxygens (including phenoxy) is 3. The smallest absolute Gasteiger partial charge is 0.333 e.